The van der Waals surface area contributed by atoms with E-state index in [1.165, 1.54) is 89.0 Å². The molecule has 1 aromatic carbocycles. The molecule has 0 unspecified atom stereocenters. The summed E-state index contributed by atoms with van der Waals surface area (Å²) in [5.41, 5.74) is 2.35. The maximum absolute atomic E-state index is 12.0. The van der Waals surface area contributed by atoms with Crippen molar-refractivity contribution in [1.82, 2.24) is 9.97 Å². The summed E-state index contributed by atoms with van der Waals surface area (Å²) >= 11 is 0. The van der Waals surface area contributed by atoms with Crippen molar-refractivity contribution in [3.63, 3.8) is 0 Å². The monoisotopic (exact) mass is 466 g/mol. The van der Waals surface area contributed by atoms with Gasteiger partial charge in [0, 0.05) is 12.0 Å². The van der Waals surface area contributed by atoms with Crippen LogP contribution in [0.15, 0.2) is 36.7 Å². The molecule has 188 valence electrons. The number of aromatic nitrogens is 2. The highest BCUT2D eigenvalue weighted by molar-refractivity contribution is 5.72. The first kappa shape index (κ1) is 28.0. The van der Waals surface area contributed by atoms with Gasteiger partial charge < -0.3 is 4.74 Å². The molecule has 1 heterocycles. The normalized spacial score (nSPS) is 11.0. The largest absolute Gasteiger partial charge is 0.423 e. The van der Waals surface area contributed by atoms with Crippen molar-refractivity contribution in [2.24, 2.45) is 0 Å². The molecule has 34 heavy (non-hydrogen) atoms. The lowest BCUT2D eigenvalue weighted by Gasteiger charge is -2.06. The molecule has 0 amide bonds. The Morgan fingerprint density at radius 1 is 0.676 bits per heavy atom. The van der Waals surface area contributed by atoms with Gasteiger partial charge in [0.25, 0.3) is 0 Å². The Morgan fingerprint density at radius 2 is 1.18 bits per heavy atom. The molecule has 0 saturated carbocycles. The topological polar surface area (TPSA) is 52.1 Å². The van der Waals surface area contributed by atoms with E-state index in [1.807, 2.05) is 0 Å². The van der Waals surface area contributed by atoms with Crippen LogP contribution in [0.4, 0.5) is 0 Å². The standard InChI is InChI=1S/C30H46N2O2/c1-3-5-7-9-11-13-14-16-18-26-20-22-27(23-21-26)30-31-24-28(25-32-30)34-29(33)19-17-15-12-10-8-6-4-2/h20-25H,3-19H2,1-2H3. The number of benzene rings is 1. The molecule has 1 aromatic heterocycles. The number of ether oxygens (including phenoxy) is 1. The number of rotatable bonds is 19. The average Bonchev–Trinajstić information content (AvgIpc) is 2.86. The molecule has 0 radical (unpaired) electrons. The summed E-state index contributed by atoms with van der Waals surface area (Å²) < 4.78 is 5.40. The number of nitrogens with zero attached hydrogens (tertiary/aromatic N) is 2. The Labute approximate surface area is 208 Å². The fraction of sp³-hybridized carbons (Fsp3) is 0.633. The molecular formula is C30H46N2O2. The second-order valence-electron chi connectivity index (χ2n) is 9.51. The maximum Gasteiger partial charge on any atom is 0.311 e. The number of hydrogen-bond acceptors (Lipinski definition) is 4. The summed E-state index contributed by atoms with van der Waals surface area (Å²) in [5.74, 6) is 0.878. The van der Waals surface area contributed by atoms with Crippen molar-refractivity contribution in [3.8, 4) is 17.1 Å². The van der Waals surface area contributed by atoms with Gasteiger partial charge in [-0.2, -0.15) is 0 Å². The maximum atomic E-state index is 12.0. The van der Waals surface area contributed by atoms with Gasteiger partial charge in [0.2, 0.25) is 0 Å². The number of carbonyl (C=O) groups is 1. The zero-order valence-electron chi connectivity index (χ0n) is 21.7. The quantitative estimate of drug-likeness (QED) is 0.153. The van der Waals surface area contributed by atoms with Gasteiger partial charge in [-0.15, -0.1) is 0 Å². The number of hydrogen-bond donors (Lipinski definition) is 0. The molecule has 2 rings (SSSR count). The van der Waals surface area contributed by atoms with Gasteiger partial charge >= 0.3 is 5.97 Å². The number of unbranched alkanes of at least 4 members (excludes halogenated alkanes) is 13. The Morgan fingerprint density at radius 3 is 1.74 bits per heavy atom. The van der Waals surface area contributed by atoms with E-state index in [0.717, 1.165) is 24.8 Å². The number of aryl methyl sites for hydroxylation is 1. The molecule has 0 spiro atoms. The van der Waals surface area contributed by atoms with Gasteiger partial charge in [-0.05, 0) is 24.8 Å². The van der Waals surface area contributed by atoms with Gasteiger partial charge in [-0.25, -0.2) is 9.97 Å². The zero-order chi connectivity index (χ0) is 24.3. The molecule has 2 aromatic rings. The highest BCUT2D eigenvalue weighted by atomic mass is 16.5. The van der Waals surface area contributed by atoms with Crippen LogP contribution in [0.1, 0.15) is 122 Å². The second-order valence-corrected chi connectivity index (χ2v) is 9.51. The fourth-order valence-corrected chi connectivity index (χ4v) is 4.21. The van der Waals surface area contributed by atoms with Gasteiger partial charge in [0.05, 0.1) is 12.4 Å². The Bertz CT molecular complexity index is 771. The Hall–Kier alpha value is -2.23. The molecule has 0 N–H and O–H groups in total. The molecular weight excluding hydrogens is 420 g/mol. The second kappa shape index (κ2) is 18.1. The molecule has 0 aliphatic carbocycles. The third kappa shape index (κ3) is 12.3. The first-order valence-corrected chi connectivity index (χ1v) is 13.8. The van der Waals surface area contributed by atoms with Crippen molar-refractivity contribution in [3.05, 3.63) is 42.2 Å². The summed E-state index contributed by atoms with van der Waals surface area (Å²) in [7, 11) is 0. The van der Waals surface area contributed by atoms with Crippen LogP contribution >= 0.6 is 0 Å². The van der Waals surface area contributed by atoms with E-state index in [-0.39, 0.29) is 5.97 Å². The molecule has 0 fully saturated rings. The van der Waals surface area contributed by atoms with E-state index in [9.17, 15) is 4.79 Å². The summed E-state index contributed by atoms with van der Waals surface area (Å²) in [6.45, 7) is 4.49. The van der Waals surface area contributed by atoms with Crippen molar-refractivity contribution in [1.29, 1.82) is 0 Å². The van der Waals surface area contributed by atoms with Crippen LogP contribution in [-0.2, 0) is 11.2 Å². The predicted molar refractivity (Wildman–Crippen MR) is 142 cm³/mol. The van der Waals surface area contributed by atoms with Gasteiger partial charge in [0.1, 0.15) is 0 Å². The van der Waals surface area contributed by atoms with Crippen LogP contribution in [0.5, 0.6) is 5.75 Å². The van der Waals surface area contributed by atoms with Gasteiger partial charge in [-0.1, -0.05) is 122 Å². The van der Waals surface area contributed by atoms with Crippen molar-refractivity contribution in [2.75, 3.05) is 0 Å². The highest BCUT2D eigenvalue weighted by Crippen LogP contribution is 2.19. The Balaban J connectivity index is 1.64. The lowest BCUT2D eigenvalue weighted by Crippen LogP contribution is -2.08. The highest BCUT2D eigenvalue weighted by Gasteiger charge is 2.07. The lowest BCUT2D eigenvalue weighted by molar-refractivity contribution is -0.134. The van der Waals surface area contributed by atoms with E-state index in [0.29, 0.717) is 18.0 Å². The predicted octanol–water partition coefficient (Wildman–Crippen LogP) is 8.87. The molecule has 4 nitrogen and oxygen atoms in total. The first-order valence-electron chi connectivity index (χ1n) is 13.8. The minimum atomic E-state index is -0.199. The summed E-state index contributed by atoms with van der Waals surface area (Å²) in [6, 6.07) is 8.52. The van der Waals surface area contributed by atoms with Crippen LogP contribution in [-0.4, -0.2) is 15.9 Å². The van der Waals surface area contributed by atoms with E-state index < -0.39 is 0 Å². The van der Waals surface area contributed by atoms with Crippen LogP contribution in [0.3, 0.4) is 0 Å². The third-order valence-electron chi connectivity index (χ3n) is 6.38. The molecule has 4 heteroatoms. The van der Waals surface area contributed by atoms with Crippen LogP contribution < -0.4 is 4.74 Å². The summed E-state index contributed by atoms with van der Waals surface area (Å²) in [4.78, 5) is 20.8. The minimum Gasteiger partial charge on any atom is -0.423 e. The van der Waals surface area contributed by atoms with E-state index in [1.54, 1.807) is 12.4 Å². The average molecular weight is 467 g/mol. The molecule has 0 aliphatic rings. The molecule has 0 atom stereocenters. The van der Waals surface area contributed by atoms with Gasteiger partial charge in [-0.3, -0.25) is 4.79 Å². The van der Waals surface area contributed by atoms with Crippen molar-refractivity contribution in [2.45, 2.75) is 123 Å². The smallest absolute Gasteiger partial charge is 0.311 e. The van der Waals surface area contributed by atoms with E-state index in [2.05, 4.69) is 48.1 Å². The van der Waals surface area contributed by atoms with E-state index in [4.69, 9.17) is 4.74 Å². The van der Waals surface area contributed by atoms with Crippen LogP contribution in [0, 0.1) is 0 Å². The van der Waals surface area contributed by atoms with Crippen LogP contribution in [0.2, 0.25) is 0 Å². The molecule has 0 bridgehead atoms. The SMILES string of the molecule is CCCCCCCCCCc1ccc(-c2ncc(OC(=O)CCCCCCCCC)cn2)cc1. The zero-order valence-corrected chi connectivity index (χ0v) is 21.7. The first-order chi connectivity index (χ1) is 16.7. The van der Waals surface area contributed by atoms with E-state index >= 15 is 0 Å². The summed E-state index contributed by atoms with van der Waals surface area (Å²) in [6.07, 6.45) is 23.8. The number of carbonyl (C=O) groups excluding carboxylic acids is 1. The van der Waals surface area contributed by atoms with Crippen molar-refractivity contribution < 1.29 is 9.53 Å². The van der Waals surface area contributed by atoms with Gasteiger partial charge in [0.15, 0.2) is 11.6 Å². The Kier molecular flexibility index (Phi) is 14.9. The molecule has 0 aliphatic heterocycles. The third-order valence-corrected chi connectivity index (χ3v) is 6.38. The summed E-state index contributed by atoms with van der Waals surface area (Å²) in [5, 5.41) is 0. The lowest BCUT2D eigenvalue weighted by atomic mass is 10.0. The number of esters is 1. The molecule has 0 saturated heterocycles. The van der Waals surface area contributed by atoms with Crippen LogP contribution in [0.25, 0.3) is 11.4 Å². The fourth-order valence-electron chi connectivity index (χ4n) is 4.21. The van der Waals surface area contributed by atoms with Crippen molar-refractivity contribution >= 4 is 5.97 Å². The minimum absolute atomic E-state index is 0.199.